The lowest BCUT2D eigenvalue weighted by Crippen LogP contribution is -1.95. The Morgan fingerprint density at radius 1 is 1.38 bits per heavy atom. The number of allylic oxidation sites excluding steroid dienone is 1. The summed E-state index contributed by atoms with van der Waals surface area (Å²) in [6.45, 7) is 4.33. The van der Waals surface area contributed by atoms with E-state index in [0.29, 0.717) is 12.4 Å². The Bertz CT molecular complexity index is 473. The molecular formula is C12H13N3O. The molecular weight excluding hydrogens is 202 g/mol. The van der Waals surface area contributed by atoms with Crippen molar-refractivity contribution in [1.29, 1.82) is 0 Å². The van der Waals surface area contributed by atoms with E-state index in [2.05, 4.69) is 16.7 Å². The molecule has 0 saturated carbocycles. The largest absolute Gasteiger partial charge is 0.497 e. The predicted octanol–water partition coefficient (Wildman–Crippen LogP) is 2.14. The number of hydrogen-bond acceptors (Lipinski definition) is 3. The van der Waals surface area contributed by atoms with Crippen LogP contribution in [0.2, 0.25) is 0 Å². The van der Waals surface area contributed by atoms with E-state index in [-0.39, 0.29) is 0 Å². The first-order chi connectivity index (χ1) is 7.83. The number of nitrogens with zero attached hydrogens (tertiary/aromatic N) is 3. The molecule has 0 radical (unpaired) electrons. The first-order valence-corrected chi connectivity index (χ1v) is 4.98. The van der Waals surface area contributed by atoms with Gasteiger partial charge in [-0.05, 0) is 24.3 Å². The van der Waals surface area contributed by atoms with E-state index in [4.69, 9.17) is 4.74 Å². The number of aromatic nitrogens is 3. The second-order valence-electron chi connectivity index (χ2n) is 3.31. The van der Waals surface area contributed by atoms with Crippen LogP contribution < -0.4 is 4.74 Å². The van der Waals surface area contributed by atoms with Gasteiger partial charge in [-0.2, -0.15) is 5.10 Å². The van der Waals surface area contributed by atoms with Crippen molar-refractivity contribution in [3.63, 3.8) is 0 Å². The van der Waals surface area contributed by atoms with Gasteiger partial charge in [0.25, 0.3) is 0 Å². The van der Waals surface area contributed by atoms with Crippen LogP contribution in [0.4, 0.5) is 0 Å². The fourth-order valence-electron chi connectivity index (χ4n) is 1.39. The van der Waals surface area contributed by atoms with Gasteiger partial charge < -0.3 is 4.74 Å². The molecule has 0 aliphatic carbocycles. The third kappa shape index (κ3) is 2.11. The van der Waals surface area contributed by atoms with Gasteiger partial charge in [0.15, 0.2) is 5.82 Å². The molecule has 0 spiro atoms. The topological polar surface area (TPSA) is 39.9 Å². The Morgan fingerprint density at radius 2 is 2.12 bits per heavy atom. The molecule has 82 valence electrons. The van der Waals surface area contributed by atoms with Gasteiger partial charge >= 0.3 is 0 Å². The molecule has 0 aliphatic rings. The Morgan fingerprint density at radius 3 is 2.75 bits per heavy atom. The molecule has 0 fully saturated rings. The SMILES string of the molecule is C=CCn1cnc(-c2ccc(OC)cc2)n1. The Labute approximate surface area is 94.2 Å². The molecule has 1 aromatic heterocycles. The molecule has 16 heavy (non-hydrogen) atoms. The van der Waals surface area contributed by atoms with E-state index >= 15 is 0 Å². The van der Waals surface area contributed by atoms with Crippen molar-refractivity contribution in [2.24, 2.45) is 0 Å². The molecule has 4 nitrogen and oxygen atoms in total. The first kappa shape index (κ1) is 10.4. The lowest BCUT2D eigenvalue weighted by Gasteiger charge is -1.99. The van der Waals surface area contributed by atoms with E-state index in [0.717, 1.165) is 11.3 Å². The Hall–Kier alpha value is -2.10. The highest BCUT2D eigenvalue weighted by atomic mass is 16.5. The maximum atomic E-state index is 5.09. The zero-order valence-electron chi connectivity index (χ0n) is 9.13. The summed E-state index contributed by atoms with van der Waals surface area (Å²) < 4.78 is 6.83. The van der Waals surface area contributed by atoms with Crippen molar-refractivity contribution in [3.05, 3.63) is 43.2 Å². The van der Waals surface area contributed by atoms with Crippen LogP contribution in [0.3, 0.4) is 0 Å². The molecule has 0 saturated heterocycles. The van der Waals surface area contributed by atoms with Crippen LogP contribution in [-0.2, 0) is 6.54 Å². The van der Waals surface area contributed by atoms with Crippen molar-refractivity contribution in [1.82, 2.24) is 14.8 Å². The second kappa shape index (κ2) is 4.61. The summed E-state index contributed by atoms with van der Waals surface area (Å²) in [4.78, 5) is 4.22. The van der Waals surface area contributed by atoms with Gasteiger partial charge in [-0.25, -0.2) is 9.67 Å². The van der Waals surface area contributed by atoms with Crippen LogP contribution in [0.5, 0.6) is 5.75 Å². The average molecular weight is 215 g/mol. The molecule has 4 heteroatoms. The summed E-state index contributed by atoms with van der Waals surface area (Å²) in [6.07, 6.45) is 3.48. The van der Waals surface area contributed by atoms with E-state index in [1.807, 2.05) is 24.3 Å². The second-order valence-corrected chi connectivity index (χ2v) is 3.31. The molecule has 2 rings (SSSR count). The minimum Gasteiger partial charge on any atom is -0.497 e. The molecule has 0 unspecified atom stereocenters. The summed E-state index contributed by atoms with van der Waals surface area (Å²) in [6, 6.07) is 7.66. The van der Waals surface area contributed by atoms with Crippen molar-refractivity contribution in [3.8, 4) is 17.1 Å². The van der Waals surface area contributed by atoms with Gasteiger partial charge in [-0.15, -0.1) is 6.58 Å². The molecule has 2 aromatic rings. The number of methoxy groups -OCH3 is 1. The molecule has 0 atom stereocenters. The van der Waals surface area contributed by atoms with Crippen molar-refractivity contribution < 1.29 is 4.74 Å². The molecule has 0 bridgehead atoms. The van der Waals surface area contributed by atoms with Crippen LogP contribution in [0.1, 0.15) is 0 Å². The minimum absolute atomic E-state index is 0.670. The highest BCUT2D eigenvalue weighted by molar-refractivity contribution is 5.55. The highest BCUT2D eigenvalue weighted by Gasteiger charge is 2.03. The van der Waals surface area contributed by atoms with Gasteiger partial charge in [-0.3, -0.25) is 0 Å². The number of ether oxygens (including phenoxy) is 1. The van der Waals surface area contributed by atoms with E-state index in [1.165, 1.54) is 0 Å². The molecule has 0 aliphatic heterocycles. The van der Waals surface area contributed by atoms with Gasteiger partial charge in [-0.1, -0.05) is 6.08 Å². The third-order valence-electron chi connectivity index (χ3n) is 2.20. The average Bonchev–Trinajstić information content (AvgIpc) is 2.78. The van der Waals surface area contributed by atoms with E-state index in [9.17, 15) is 0 Å². The molecule has 0 N–H and O–H groups in total. The van der Waals surface area contributed by atoms with Crippen molar-refractivity contribution in [2.45, 2.75) is 6.54 Å². The molecule has 1 aromatic carbocycles. The fraction of sp³-hybridized carbons (Fsp3) is 0.167. The summed E-state index contributed by atoms with van der Waals surface area (Å²) >= 11 is 0. The van der Waals surface area contributed by atoms with Crippen LogP contribution in [-0.4, -0.2) is 21.9 Å². The lowest BCUT2D eigenvalue weighted by atomic mass is 10.2. The summed E-state index contributed by atoms with van der Waals surface area (Å²) in [7, 11) is 1.64. The smallest absolute Gasteiger partial charge is 0.181 e. The maximum absolute atomic E-state index is 5.09. The van der Waals surface area contributed by atoms with Crippen LogP contribution >= 0.6 is 0 Å². The van der Waals surface area contributed by atoms with E-state index < -0.39 is 0 Å². The predicted molar refractivity (Wildman–Crippen MR) is 62.2 cm³/mol. The van der Waals surface area contributed by atoms with Crippen molar-refractivity contribution >= 4 is 0 Å². The van der Waals surface area contributed by atoms with Crippen LogP contribution in [0.15, 0.2) is 43.2 Å². The van der Waals surface area contributed by atoms with Gasteiger partial charge in [0.05, 0.1) is 13.7 Å². The summed E-state index contributed by atoms with van der Waals surface area (Å²) in [5, 5.41) is 4.32. The van der Waals surface area contributed by atoms with Crippen molar-refractivity contribution in [2.75, 3.05) is 7.11 Å². The fourth-order valence-corrected chi connectivity index (χ4v) is 1.39. The van der Waals surface area contributed by atoms with Gasteiger partial charge in [0.1, 0.15) is 12.1 Å². The number of benzene rings is 1. The standard InChI is InChI=1S/C12H13N3O/c1-3-8-15-9-13-12(14-15)10-4-6-11(16-2)7-5-10/h3-7,9H,1,8H2,2H3. The summed E-state index contributed by atoms with van der Waals surface area (Å²) in [5.74, 6) is 1.54. The minimum atomic E-state index is 0.670. The van der Waals surface area contributed by atoms with Crippen LogP contribution in [0.25, 0.3) is 11.4 Å². The lowest BCUT2D eigenvalue weighted by molar-refractivity contribution is 0.415. The maximum Gasteiger partial charge on any atom is 0.181 e. The number of rotatable bonds is 4. The number of hydrogen-bond donors (Lipinski definition) is 0. The monoisotopic (exact) mass is 215 g/mol. The van der Waals surface area contributed by atoms with Gasteiger partial charge in [0, 0.05) is 5.56 Å². The Balaban J connectivity index is 2.24. The van der Waals surface area contributed by atoms with Gasteiger partial charge in [0.2, 0.25) is 0 Å². The quantitative estimate of drug-likeness (QED) is 0.733. The zero-order chi connectivity index (χ0) is 11.4. The third-order valence-corrected chi connectivity index (χ3v) is 2.20. The molecule has 0 amide bonds. The normalized spacial score (nSPS) is 10.1. The molecule has 1 heterocycles. The first-order valence-electron chi connectivity index (χ1n) is 4.98. The highest BCUT2D eigenvalue weighted by Crippen LogP contribution is 2.18. The zero-order valence-corrected chi connectivity index (χ0v) is 9.13. The van der Waals surface area contributed by atoms with E-state index in [1.54, 1.807) is 24.2 Å². The van der Waals surface area contributed by atoms with Crippen LogP contribution in [0, 0.1) is 0 Å². The Kier molecular flexibility index (Phi) is 3.00. The summed E-state index contributed by atoms with van der Waals surface area (Å²) in [5.41, 5.74) is 0.976.